The fraction of sp³-hybridized carbons (Fsp3) is 0.353. The Labute approximate surface area is 161 Å². The molecule has 0 saturated carbocycles. The number of hydrogen-bond donors (Lipinski definition) is 1. The van der Waals surface area contributed by atoms with E-state index in [4.69, 9.17) is 20.8 Å². The summed E-state index contributed by atoms with van der Waals surface area (Å²) < 4.78 is 51.7. The third-order valence-electron chi connectivity index (χ3n) is 4.33. The van der Waals surface area contributed by atoms with Crippen LogP contribution in [0.2, 0.25) is 5.02 Å². The fourth-order valence-electron chi connectivity index (χ4n) is 2.98. The van der Waals surface area contributed by atoms with Crippen LogP contribution in [0.5, 0.6) is 0 Å². The van der Waals surface area contributed by atoms with Crippen molar-refractivity contribution in [2.75, 3.05) is 13.2 Å². The number of halogens is 4. The van der Waals surface area contributed by atoms with Gasteiger partial charge < -0.3 is 14.5 Å². The van der Waals surface area contributed by atoms with E-state index >= 15 is 0 Å². The molecule has 1 saturated heterocycles. The summed E-state index contributed by atoms with van der Waals surface area (Å²) in [5.41, 5.74) is -1.82. The van der Waals surface area contributed by atoms with Gasteiger partial charge in [0.25, 0.3) is 5.91 Å². The minimum absolute atomic E-state index is 0.0714. The molecular formula is C17H14ClF3N4O3. The van der Waals surface area contributed by atoms with E-state index in [1.165, 1.54) is 18.4 Å². The first-order valence-corrected chi connectivity index (χ1v) is 8.82. The van der Waals surface area contributed by atoms with Gasteiger partial charge in [0.05, 0.1) is 12.4 Å². The van der Waals surface area contributed by atoms with E-state index in [-0.39, 0.29) is 40.5 Å². The lowest BCUT2D eigenvalue weighted by Gasteiger charge is -2.10. The van der Waals surface area contributed by atoms with E-state index in [0.29, 0.717) is 11.1 Å². The van der Waals surface area contributed by atoms with Crippen molar-refractivity contribution in [1.29, 1.82) is 0 Å². The molecule has 1 N–H and O–H groups in total. The molecule has 0 radical (unpaired) electrons. The average molecular weight is 415 g/mol. The lowest BCUT2D eigenvalue weighted by molar-refractivity contribution is -0.142. The zero-order valence-electron chi connectivity index (χ0n) is 14.3. The highest BCUT2D eigenvalue weighted by atomic mass is 35.5. The number of fused-ring (bicyclic) bond motifs is 1. The van der Waals surface area contributed by atoms with Gasteiger partial charge in [0.2, 0.25) is 0 Å². The second kappa shape index (κ2) is 7.10. The van der Waals surface area contributed by atoms with Crippen LogP contribution < -0.4 is 5.32 Å². The van der Waals surface area contributed by atoms with Gasteiger partial charge in [-0.25, -0.2) is 9.50 Å². The predicted octanol–water partition coefficient (Wildman–Crippen LogP) is 3.57. The van der Waals surface area contributed by atoms with Crippen LogP contribution in [0.4, 0.5) is 13.2 Å². The number of aromatic nitrogens is 3. The van der Waals surface area contributed by atoms with Crippen LogP contribution in [-0.2, 0) is 10.9 Å². The van der Waals surface area contributed by atoms with Crippen molar-refractivity contribution in [2.45, 2.75) is 25.1 Å². The van der Waals surface area contributed by atoms with E-state index in [1.807, 2.05) is 0 Å². The quantitative estimate of drug-likeness (QED) is 0.705. The molecule has 148 valence electrons. The van der Waals surface area contributed by atoms with Gasteiger partial charge in [0.15, 0.2) is 22.8 Å². The summed E-state index contributed by atoms with van der Waals surface area (Å²) in [4.78, 5) is 16.5. The Hall–Kier alpha value is -2.59. The Bertz CT molecular complexity index is 1010. The number of furan rings is 1. The molecule has 3 aromatic heterocycles. The van der Waals surface area contributed by atoms with Gasteiger partial charge in [-0.1, -0.05) is 11.6 Å². The zero-order chi connectivity index (χ0) is 19.9. The molecule has 1 atom stereocenters. The third-order valence-corrected chi connectivity index (χ3v) is 4.67. The number of carbonyl (C=O) groups is 1. The molecule has 1 amide bonds. The van der Waals surface area contributed by atoms with Crippen molar-refractivity contribution in [3.8, 4) is 11.5 Å². The van der Waals surface area contributed by atoms with Crippen LogP contribution in [0.15, 0.2) is 28.9 Å². The Morgan fingerprint density at radius 1 is 1.43 bits per heavy atom. The van der Waals surface area contributed by atoms with Gasteiger partial charge >= 0.3 is 6.18 Å². The monoisotopic (exact) mass is 414 g/mol. The second-order valence-electron chi connectivity index (χ2n) is 6.24. The summed E-state index contributed by atoms with van der Waals surface area (Å²) in [6.07, 6.45) is -1.87. The highest BCUT2D eigenvalue weighted by molar-refractivity contribution is 6.36. The maximum Gasteiger partial charge on any atom is 0.433 e. The third kappa shape index (κ3) is 3.45. The summed E-state index contributed by atoms with van der Waals surface area (Å²) in [7, 11) is 0. The Morgan fingerprint density at radius 3 is 2.89 bits per heavy atom. The number of rotatable bonds is 4. The predicted molar refractivity (Wildman–Crippen MR) is 92.0 cm³/mol. The Morgan fingerprint density at radius 2 is 2.25 bits per heavy atom. The molecule has 0 bridgehead atoms. The van der Waals surface area contributed by atoms with E-state index < -0.39 is 17.8 Å². The number of nitrogens with one attached hydrogen (secondary N) is 1. The minimum Gasteiger partial charge on any atom is -0.463 e. The smallest absolute Gasteiger partial charge is 0.433 e. The van der Waals surface area contributed by atoms with Gasteiger partial charge in [-0.2, -0.15) is 18.3 Å². The number of carbonyl (C=O) groups excluding carboxylic acids is 1. The van der Waals surface area contributed by atoms with Crippen molar-refractivity contribution >= 4 is 23.2 Å². The number of amides is 1. The molecule has 11 heteroatoms. The molecular weight excluding hydrogens is 401 g/mol. The number of ether oxygens (including phenoxy) is 1. The Balaban J connectivity index is 1.75. The number of alkyl halides is 3. The maximum atomic E-state index is 13.6. The van der Waals surface area contributed by atoms with Crippen LogP contribution in [0, 0.1) is 0 Å². The molecule has 0 aliphatic carbocycles. The molecule has 1 aliphatic heterocycles. The summed E-state index contributed by atoms with van der Waals surface area (Å²) in [5.74, 6) is -0.562. The Kier molecular flexibility index (Phi) is 4.76. The van der Waals surface area contributed by atoms with Crippen molar-refractivity contribution < 1.29 is 27.1 Å². The highest BCUT2D eigenvalue weighted by Gasteiger charge is 2.37. The first-order chi connectivity index (χ1) is 13.3. The van der Waals surface area contributed by atoms with Crippen LogP contribution in [0.25, 0.3) is 17.1 Å². The number of hydrogen-bond acceptors (Lipinski definition) is 5. The molecule has 7 nitrogen and oxygen atoms in total. The molecule has 4 rings (SSSR count). The highest BCUT2D eigenvalue weighted by Crippen LogP contribution is 2.34. The fourth-order valence-corrected chi connectivity index (χ4v) is 3.23. The molecule has 0 unspecified atom stereocenters. The van der Waals surface area contributed by atoms with E-state index in [0.717, 1.165) is 18.9 Å². The molecule has 1 fully saturated rings. The molecule has 3 aromatic rings. The van der Waals surface area contributed by atoms with Crippen molar-refractivity contribution in [3.63, 3.8) is 0 Å². The summed E-state index contributed by atoms with van der Waals surface area (Å²) in [5, 5.41) is 6.08. The lowest BCUT2D eigenvalue weighted by Crippen LogP contribution is -2.32. The second-order valence-corrected chi connectivity index (χ2v) is 6.62. The van der Waals surface area contributed by atoms with Crippen LogP contribution >= 0.6 is 11.6 Å². The summed E-state index contributed by atoms with van der Waals surface area (Å²) >= 11 is 6.17. The SMILES string of the molecule is O=C(NC[C@H]1CCCO1)c1nn2c(C(F)(F)F)cc(-c3ccco3)nc2c1Cl. The normalized spacial score (nSPS) is 17.4. The molecule has 28 heavy (non-hydrogen) atoms. The van der Waals surface area contributed by atoms with Gasteiger partial charge in [-0.15, -0.1) is 0 Å². The van der Waals surface area contributed by atoms with Crippen molar-refractivity contribution in [1.82, 2.24) is 19.9 Å². The average Bonchev–Trinajstić information content (AvgIpc) is 3.40. The first-order valence-electron chi connectivity index (χ1n) is 8.45. The van der Waals surface area contributed by atoms with E-state index in [9.17, 15) is 18.0 Å². The zero-order valence-corrected chi connectivity index (χ0v) is 15.0. The van der Waals surface area contributed by atoms with Gasteiger partial charge in [-0.3, -0.25) is 4.79 Å². The molecule has 1 aliphatic rings. The van der Waals surface area contributed by atoms with Crippen molar-refractivity contribution in [3.05, 3.63) is 40.9 Å². The molecule has 4 heterocycles. The van der Waals surface area contributed by atoms with E-state index in [1.54, 1.807) is 0 Å². The topological polar surface area (TPSA) is 81.7 Å². The van der Waals surface area contributed by atoms with Gasteiger partial charge in [-0.05, 0) is 31.0 Å². The standard InChI is InChI=1S/C17H14ClF3N4O3/c18-13-14(16(26)22-8-9-3-1-5-27-9)24-25-12(17(19,20)21)7-10(23-15(13)25)11-4-2-6-28-11/h2,4,6-7,9H,1,3,5,8H2,(H,22,26)/t9-/m1/s1. The van der Waals surface area contributed by atoms with Gasteiger partial charge in [0, 0.05) is 13.2 Å². The maximum absolute atomic E-state index is 13.6. The summed E-state index contributed by atoms with van der Waals surface area (Å²) in [6, 6.07) is 3.79. The van der Waals surface area contributed by atoms with Crippen molar-refractivity contribution in [2.24, 2.45) is 0 Å². The first kappa shape index (κ1) is 18.8. The van der Waals surface area contributed by atoms with Crippen LogP contribution in [-0.4, -0.2) is 39.8 Å². The van der Waals surface area contributed by atoms with Gasteiger partial charge in [0.1, 0.15) is 10.7 Å². The molecule has 0 aromatic carbocycles. The van der Waals surface area contributed by atoms with E-state index in [2.05, 4.69) is 15.4 Å². The summed E-state index contributed by atoms with van der Waals surface area (Å²) in [6.45, 7) is 0.838. The number of nitrogens with zero attached hydrogens (tertiary/aromatic N) is 3. The largest absolute Gasteiger partial charge is 0.463 e. The lowest BCUT2D eigenvalue weighted by atomic mass is 10.2. The molecule has 0 spiro atoms. The van der Waals surface area contributed by atoms with Crippen LogP contribution in [0.3, 0.4) is 0 Å². The minimum atomic E-state index is -4.75. The van der Waals surface area contributed by atoms with Crippen LogP contribution in [0.1, 0.15) is 29.0 Å².